The molecule has 1 aliphatic rings. The maximum Gasteiger partial charge on any atom is 0.147 e. The lowest BCUT2D eigenvalue weighted by molar-refractivity contribution is -0.116. The van der Waals surface area contributed by atoms with Crippen LogP contribution in [0.2, 0.25) is 0 Å². The van der Waals surface area contributed by atoms with Crippen LogP contribution in [0.15, 0.2) is 22.7 Å². The minimum Gasteiger partial charge on any atom is -0.298 e. The summed E-state index contributed by atoms with van der Waals surface area (Å²) in [7, 11) is 0. The Kier molecular flexibility index (Phi) is 5.89. The summed E-state index contributed by atoms with van der Waals surface area (Å²) in [5, 5.41) is 0.661. The van der Waals surface area contributed by atoms with Crippen molar-refractivity contribution < 1.29 is 9.18 Å². The van der Waals surface area contributed by atoms with Gasteiger partial charge in [-0.05, 0) is 30.5 Å². The minimum atomic E-state index is -0.278. The number of Topliss-reactive ketones (excluding diaryl/α,β-unsaturated/α-hetero) is 1. The highest BCUT2D eigenvalue weighted by Crippen LogP contribution is 2.28. The highest BCUT2D eigenvalue weighted by molar-refractivity contribution is 9.10. The maximum absolute atomic E-state index is 13.0. The van der Waals surface area contributed by atoms with Gasteiger partial charge in [-0.2, -0.15) is 11.8 Å². The fourth-order valence-electron chi connectivity index (χ4n) is 2.37. The predicted octanol–water partition coefficient (Wildman–Crippen LogP) is 4.77. The highest BCUT2D eigenvalue weighted by Gasteiger charge is 2.16. The molecular weight excluding hydrogens is 327 g/mol. The molecule has 0 heterocycles. The van der Waals surface area contributed by atoms with Crippen molar-refractivity contribution in [3.63, 3.8) is 0 Å². The smallest absolute Gasteiger partial charge is 0.147 e. The number of halogens is 2. The molecular formula is C15H18BrFOS. The lowest BCUT2D eigenvalue weighted by Crippen LogP contribution is -2.13. The summed E-state index contributed by atoms with van der Waals surface area (Å²) < 4.78 is 13.6. The lowest BCUT2D eigenvalue weighted by Gasteiger charge is -2.20. The second-order valence-electron chi connectivity index (χ2n) is 5.02. The summed E-state index contributed by atoms with van der Waals surface area (Å²) in [4.78, 5) is 12.0. The Bertz CT molecular complexity index is 444. The van der Waals surface area contributed by atoms with E-state index in [-0.39, 0.29) is 11.6 Å². The van der Waals surface area contributed by atoms with Crippen molar-refractivity contribution in [3.05, 3.63) is 34.1 Å². The number of hydrogen-bond acceptors (Lipinski definition) is 2. The van der Waals surface area contributed by atoms with Gasteiger partial charge in [-0.25, -0.2) is 4.39 Å². The van der Waals surface area contributed by atoms with E-state index in [2.05, 4.69) is 15.9 Å². The molecule has 1 fully saturated rings. The predicted molar refractivity (Wildman–Crippen MR) is 82.1 cm³/mol. The average molecular weight is 345 g/mol. The van der Waals surface area contributed by atoms with Crippen molar-refractivity contribution in [2.24, 2.45) is 0 Å². The van der Waals surface area contributed by atoms with Gasteiger partial charge in [0.15, 0.2) is 0 Å². The number of rotatable bonds is 5. The van der Waals surface area contributed by atoms with Crippen LogP contribution < -0.4 is 0 Å². The lowest BCUT2D eigenvalue weighted by atomic mass is 10.0. The fourth-order valence-corrected chi connectivity index (χ4v) is 4.05. The third kappa shape index (κ3) is 4.92. The van der Waals surface area contributed by atoms with E-state index in [1.165, 1.54) is 44.2 Å². The van der Waals surface area contributed by atoms with Crippen LogP contribution in [0.4, 0.5) is 4.39 Å². The van der Waals surface area contributed by atoms with Crippen LogP contribution in [0, 0.1) is 5.82 Å². The average Bonchev–Trinajstić information content (AvgIpc) is 2.41. The summed E-state index contributed by atoms with van der Waals surface area (Å²) in [5.74, 6) is 0.525. The van der Waals surface area contributed by atoms with Crippen molar-refractivity contribution in [1.82, 2.24) is 0 Å². The molecule has 0 saturated heterocycles. The third-order valence-electron chi connectivity index (χ3n) is 3.43. The molecule has 2 rings (SSSR count). The molecule has 1 aromatic carbocycles. The first kappa shape index (κ1) is 15.0. The van der Waals surface area contributed by atoms with Gasteiger partial charge in [-0.1, -0.05) is 41.3 Å². The van der Waals surface area contributed by atoms with E-state index < -0.39 is 0 Å². The molecule has 1 nitrogen and oxygen atoms in total. The van der Waals surface area contributed by atoms with Gasteiger partial charge >= 0.3 is 0 Å². The Balaban J connectivity index is 1.80. The van der Waals surface area contributed by atoms with E-state index in [0.717, 1.165) is 5.56 Å². The number of carbonyl (C=O) groups is 1. The Hall–Kier alpha value is -0.350. The molecule has 0 N–H and O–H groups in total. The second-order valence-corrected chi connectivity index (χ2v) is 7.17. The second kappa shape index (κ2) is 7.44. The Morgan fingerprint density at radius 3 is 2.74 bits per heavy atom. The quantitative estimate of drug-likeness (QED) is 0.765. The topological polar surface area (TPSA) is 17.1 Å². The molecule has 4 heteroatoms. The highest BCUT2D eigenvalue weighted by atomic mass is 79.9. The summed E-state index contributed by atoms with van der Waals surface area (Å²) in [6, 6.07) is 4.50. The van der Waals surface area contributed by atoms with Crippen LogP contribution in [0.1, 0.15) is 37.7 Å². The standard InChI is InChI=1S/C15H18BrFOS/c16-15-9-12(17)7-6-11(15)8-13(18)10-19-14-4-2-1-3-5-14/h6-7,9,14H,1-5,8,10H2. The van der Waals surface area contributed by atoms with Gasteiger partial charge in [0, 0.05) is 16.1 Å². The number of benzene rings is 1. The Labute approximate surface area is 126 Å². The minimum absolute atomic E-state index is 0.225. The van der Waals surface area contributed by atoms with Gasteiger partial charge in [-0.15, -0.1) is 0 Å². The van der Waals surface area contributed by atoms with Gasteiger partial charge in [0.2, 0.25) is 0 Å². The molecule has 1 aromatic rings. The van der Waals surface area contributed by atoms with Crippen molar-refractivity contribution in [3.8, 4) is 0 Å². The van der Waals surface area contributed by atoms with Gasteiger partial charge < -0.3 is 0 Å². The zero-order chi connectivity index (χ0) is 13.7. The van der Waals surface area contributed by atoms with E-state index in [1.54, 1.807) is 17.8 Å². The van der Waals surface area contributed by atoms with Crippen molar-refractivity contribution in [2.45, 2.75) is 43.8 Å². The zero-order valence-electron chi connectivity index (χ0n) is 10.8. The molecule has 0 radical (unpaired) electrons. The van der Waals surface area contributed by atoms with Gasteiger partial charge in [0.05, 0.1) is 5.75 Å². The molecule has 0 aliphatic heterocycles. The molecule has 0 unspecified atom stereocenters. The van der Waals surface area contributed by atoms with E-state index in [4.69, 9.17) is 0 Å². The molecule has 1 saturated carbocycles. The van der Waals surface area contributed by atoms with Crippen LogP contribution >= 0.6 is 27.7 Å². The summed E-state index contributed by atoms with van der Waals surface area (Å²) in [6.45, 7) is 0. The normalized spacial score (nSPS) is 16.5. The number of thioether (sulfide) groups is 1. The van der Waals surface area contributed by atoms with E-state index in [1.807, 2.05) is 0 Å². The first-order valence-corrected chi connectivity index (χ1v) is 8.56. The molecule has 19 heavy (non-hydrogen) atoms. The van der Waals surface area contributed by atoms with E-state index in [9.17, 15) is 9.18 Å². The molecule has 0 atom stereocenters. The number of ketones is 1. The number of hydrogen-bond donors (Lipinski definition) is 0. The summed E-state index contributed by atoms with van der Waals surface area (Å²) in [6.07, 6.45) is 6.83. The summed E-state index contributed by atoms with van der Waals surface area (Å²) >= 11 is 5.10. The molecule has 0 amide bonds. The van der Waals surface area contributed by atoms with Gasteiger partial charge in [0.25, 0.3) is 0 Å². The van der Waals surface area contributed by atoms with Crippen LogP contribution in [-0.4, -0.2) is 16.8 Å². The van der Waals surface area contributed by atoms with Crippen molar-refractivity contribution >= 4 is 33.5 Å². The van der Waals surface area contributed by atoms with Crippen LogP contribution in [0.3, 0.4) is 0 Å². The maximum atomic E-state index is 13.0. The first-order valence-electron chi connectivity index (χ1n) is 6.72. The zero-order valence-corrected chi connectivity index (χ0v) is 13.2. The van der Waals surface area contributed by atoms with Crippen LogP contribution in [0.5, 0.6) is 0 Å². The van der Waals surface area contributed by atoms with E-state index in [0.29, 0.717) is 21.9 Å². The van der Waals surface area contributed by atoms with Crippen molar-refractivity contribution in [1.29, 1.82) is 0 Å². The number of carbonyl (C=O) groups excluding carboxylic acids is 1. The van der Waals surface area contributed by atoms with Crippen molar-refractivity contribution in [2.75, 3.05) is 5.75 Å². The monoisotopic (exact) mass is 344 g/mol. The first-order chi connectivity index (χ1) is 9.15. The molecule has 1 aliphatic carbocycles. The SMILES string of the molecule is O=C(CSC1CCCCC1)Cc1ccc(F)cc1Br. The Morgan fingerprint density at radius 2 is 2.05 bits per heavy atom. The van der Waals surface area contributed by atoms with Crippen LogP contribution in [0.25, 0.3) is 0 Å². The van der Waals surface area contributed by atoms with Gasteiger partial charge in [0.1, 0.15) is 11.6 Å². The van der Waals surface area contributed by atoms with E-state index >= 15 is 0 Å². The molecule has 0 aromatic heterocycles. The third-order valence-corrected chi connectivity index (χ3v) is 5.60. The molecule has 0 spiro atoms. The summed E-state index contributed by atoms with van der Waals surface area (Å²) in [5.41, 5.74) is 0.871. The molecule has 104 valence electrons. The van der Waals surface area contributed by atoms with Crippen LogP contribution in [-0.2, 0) is 11.2 Å². The fraction of sp³-hybridized carbons (Fsp3) is 0.533. The molecule has 0 bridgehead atoms. The van der Waals surface area contributed by atoms with Gasteiger partial charge in [-0.3, -0.25) is 4.79 Å². The Morgan fingerprint density at radius 1 is 1.32 bits per heavy atom. The largest absolute Gasteiger partial charge is 0.298 e.